The average molecular weight is 204 g/mol. The highest BCUT2D eigenvalue weighted by Crippen LogP contribution is 2.08. The average Bonchev–Trinajstić information content (AvgIpc) is 2.23. The van der Waals surface area contributed by atoms with E-state index in [0.717, 1.165) is 25.7 Å². The number of Topliss-reactive ketones (excluding diaryl/α,β-unsaturated/α-hetero) is 1. The first-order valence-electron chi connectivity index (χ1n) is 5.79. The summed E-state index contributed by atoms with van der Waals surface area (Å²) in [5.41, 5.74) is 2.55. The van der Waals surface area contributed by atoms with Gasteiger partial charge in [-0.3, -0.25) is 4.79 Å². The molecule has 0 spiro atoms. The minimum Gasteiger partial charge on any atom is -0.300 e. The third-order valence-electron chi connectivity index (χ3n) is 2.58. The van der Waals surface area contributed by atoms with Crippen LogP contribution in [0.4, 0.5) is 0 Å². The topological polar surface area (TPSA) is 17.1 Å². The van der Waals surface area contributed by atoms with Crippen LogP contribution in [-0.2, 0) is 11.2 Å². The number of rotatable bonds is 6. The Labute approximate surface area is 92.5 Å². The number of carbonyl (C=O) groups excluding carboxylic acids is 1. The van der Waals surface area contributed by atoms with Crippen molar-refractivity contribution >= 4 is 5.78 Å². The lowest BCUT2D eigenvalue weighted by Gasteiger charge is -2.02. The number of aryl methyl sites for hydroxylation is 2. The Morgan fingerprint density at radius 2 is 2.07 bits per heavy atom. The van der Waals surface area contributed by atoms with Crippen molar-refractivity contribution in [2.75, 3.05) is 0 Å². The van der Waals surface area contributed by atoms with Crippen LogP contribution in [0.25, 0.3) is 0 Å². The van der Waals surface area contributed by atoms with Crippen molar-refractivity contribution in [3.63, 3.8) is 0 Å². The standard InChI is InChI=1S/C14H20O/c1-3-4-8-14(15)10-9-13-7-5-6-12(2)11-13/h5-7,11H,3-4,8-10H2,1-2H3. The van der Waals surface area contributed by atoms with Crippen LogP contribution in [0.5, 0.6) is 0 Å². The number of hydrogen-bond acceptors (Lipinski definition) is 1. The van der Waals surface area contributed by atoms with Crippen LogP contribution in [0.15, 0.2) is 24.3 Å². The largest absolute Gasteiger partial charge is 0.300 e. The fraction of sp³-hybridized carbons (Fsp3) is 0.500. The molecule has 1 aromatic rings. The molecule has 0 amide bonds. The number of ketones is 1. The van der Waals surface area contributed by atoms with Crippen molar-refractivity contribution in [2.45, 2.75) is 46.0 Å². The van der Waals surface area contributed by atoms with E-state index in [0.29, 0.717) is 12.2 Å². The molecule has 0 radical (unpaired) electrons. The lowest BCUT2D eigenvalue weighted by molar-refractivity contribution is -0.119. The van der Waals surface area contributed by atoms with Crippen molar-refractivity contribution in [3.8, 4) is 0 Å². The van der Waals surface area contributed by atoms with Crippen LogP contribution in [0.3, 0.4) is 0 Å². The molecule has 0 saturated heterocycles. The van der Waals surface area contributed by atoms with Gasteiger partial charge in [0.25, 0.3) is 0 Å². The first-order valence-corrected chi connectivity index (χ1v) is 5.79. The summed E-state index contributed by atoms with van der Waals surface area (Å²) in [4.78, 5) is 11.5. The van der Waals surface area contributed by atoms with Gasteiger partial charge in [-0.25, -0.2) is 0 Å². The summed E-state index contributed by atoms with van der Waals surface area (Å²) >= 11 is 0. The van der Waals surface area contributed by atoms with Crippen LogP contribution in [0.1, 0.15) is 43.7 Å². The van der Waals surface area contributed by atoms with Gasteiger partial charge in [0.1, 0.15) is 5.78 Å². The molecule has 0 heterocycles. The highest BCUT2D eigenvalue weighted by molar-refractivity contribution is 5.78. The van der Waals surface area contributed by atoms with Crippen LogP contribution < -0.4 is 0 Å². The maximum atomic E-state index is 11.5. The van der Waals surface area contributed by atoms with Gasteiger partial charge in [0, 0.05) is 12.8 Å². The predicted octanol–water partition coefficient (Wildman–Crippen LogP) is 3.69. The fourth-order valence-corrected chi connectivity index (χ4v) is 1.65. The molecule has 0 aliphatic heterocycles. The Balaban J connectivity index is 2.33. The SMILES string of the molecule is CCCCC(=O)CCc1cccc(C)c1. The van der Waals surface area contributed by atoms with Crippen LogP contribution >= 0.6 is 0 Å². The summed E-state index contributed by atoms with van der Waals surface area (Å²) in [6.07, 6.45) is 4.48. The van der Waals surface area contributed by atoms with E-state index < -0.39 is 0 Å². The summed E-state index contributed by atoms with van der Waals surface area (Å²) in [5.74, 6) is 0.401. The smallest absolute Gasteiger partial charge is 0.133 e. The summed E-state index contributed by atoms with van der Waals surface area (Å²) < 4.78 is 0. The Morgan fingerprint density at radius 1 is 1.27 bits per heavy atom. The van der Waals surface area contributed by atoms with Crippen molar-refractivity contribution in [3.05, 3.63) is 35.4 Å². The zero-order valence-electron chi connectivity index (χ0n) is 9.75. The molecule has 0 fully saturated rings. The maximum absolute atomic E-state index is 11.5. The number of benzene rings is 1. The second kappa shape index (κ2) is 6.39. The molecule has 0 saturated carbocycles. The number of carbonyl (C=O) groups is 1. The molecule has 1 nitrogen and oxygen atoms in total. The van der Waals surface area contributed by atoms with Gasteiger partial charge in [-0.15, -0.1) is 0 Å². The summed E-state index contributed by atoms with van der Waals surface area (Å²) in [6, 6.07) is 8.40. The second-order valence-corrected chi connectivity index (χ2v) is 4.13. The monoisotopic (exact) mass is 204 g/mol. The highest BCUT2D eigenvalue weighted by atomic mass is 16.1. The van der Waals surface area contributed by atoms with Crippen molar-refractivity contribution in [1.29, 1.82) is 0 Å². The van der Waals surface area contributed by atoms with E-state index in [2.05, 4.69) is 38.1 Å². The summed E-state index contributed by atoms with van der Waals surface area (Å²) in [7, 11) is 0. The third kappa shape index (κ3) is 4.78. The minimum absolute atomic E-state index is 0.401. The predicted molar refractivity (Wildman–Crippen MR) is 64.0 cm³/mol. The van der Waals surface area contributed by atoms with Gasteiger partial charge < -0.3 is 0 Å². The molecule has 1 aromatic carbocycles. The van der Waals surface area contributed by atoms with E-state index in [-0.39, 0.29) is 0 Å². The molecule has 82 valence electrons. The Hall–Kier alpha value is -1.11. The van der Waals surface area contributed by atoms with Crippen molar-refractivity contribution in [1.82, 2.24) is 0 Å². The Morgan fingerprint density at radius 3 is 2.73 bits per heavy atom. The van der Waals surface area contributed by atoms with Gasteiger partial charge in [0.05, 0.1) is 0 Å². The molecule has 0 N–H and O–H groups in total. The summed E-state index contributed by atoms with van der Waals surface area (Å²) in [5, 5.41) is 0. The van der Waals surface area contributed by atoms with Gasteiger partial charge in [-0.2, -0.15) is 0 Å². The zero-order valence-corrected chi connectivity index (χ0v) is 9.75. The molecule has 0 aromatic heterocycles. The highest BCUT2D eigenvalue weighted by Gasteiger charge is 2.01. The first kappa shape index (κ1) is 12.0. The molecule has 1 heteroatoms. The van der Waals surface area contributed by atoms with Crippen LogP contribution in [0.2, 0.25) is 0 Å². The van der Waals surface area contributed by atoms with Crippen LogP contribution in [-0.4, -0.2) is 5.78 Å². The Kier molecular flexibility index (Phi) is 5.09. The van der Waals surface area contributed by atoms with Crippen molar-refractivity contribution < 1.29 is 4.79 Å². The second-order valence-electron chi connectivity index (χ2n) is 4.13. The lowest BCUT2D eigenvalue weighted by Crippen LogP contribution is -1.99. The molecular formula is C14H20O. The van der Waals surface area contributed by atoms with E-state index in [1.54, 1.807) is 0 Å². The third-order valence-corrected chi connectivity index (χ3v) is 2.58. The van der Waals surface area contributed by atoms with Gasteiger partial charge in [-0.1, -0.05) is 43.2 Å². The van der Waals surface area contributed by atoms with Gasteiger partial charge >= 0.3 is 0 Å². The van der Waals surface area contributed by atoms with Gasteiger partial charge in [0.15, 0.2) is 0 Å². The fourth-order valence-electron chi connectivity index (χ4n) is 1.65. The minimum atomic E-state index is 0.401. The van der Waals surface area contributed by atoms with Gasteiger partial charge in [0.2, 0.25) is 0 Å². The maximum Gasteiger partial charge on any atom is 0.133 e. The molecule has 0 unspecified atom stereocenters. The molecule has 0 bridgehead atoms. The van der Waals surface area contributed by atoms with E-state index in [1.165, 1.54) is 11.1 Å². The van der Waals surface area contributed by atoms with Gasteiger partial charge in [-0.05, 0) is 25.3 Å². The quantitative estimate of drug-likeness (QED) is 0.690. The zero-order chi connectivity index (χ0) is 11.1. The van der Waals surface area contributed by atoms with E-state index in [4.69, 9.17) is 0 Å². The first-order chi connectivity index (χ1) is 7.22. The number of hydrogen-bond donors (Lipinski definition) is 0. The molecule has 0 aliphatic rings. The number of unbranched alkanes of at least 4 members (excludes halogenated alkanes) is 1. The Bertz CT molecular complexity index is 315. The summed E-state index contributed by atoms with van der Waals surface area (Å²) in [6.45, 7) is 4.20. The van der Waals surface area contributed by atoms with E-state index in [1.807, 2.05) is 0 Å². The normalized spacial score (nSPS) is 10.3. The van der Waals surface area contributed by atoms with Crippen LogP contribution in [0, 0.1) is 6.92 Å². The molecule has 15 heavy (non-hydrogen) atoms. The molecule has 0 aliphatic carbocycles. The molecule has 0 atom stereocenters. The molecule has 1 rings (SSSR count). The van der Waals surface area contributed by atoms with Crippen molar-refractivity contribution in [2.24, 2.45) is 0 Å². The molecular weight excluding hydrogens is 184 g/mol. The lowest BCUT2D eigenvalue weighted by atomic mass is 10.0. The van der Waals surface area contributed by atoms with E-state index in [9.17, 15) is 4.79 Å². The van der Waals surface area contributed by atoms with E-state index >= 15 is 0 Å².